The molecular weight excluding hydrogens is 226 g/mol. The number of hydrogen-bond acceptors (Lipinski definition) is 5. The van der Waals surface area contributed by atoms with Crippen molar-refractivity contribution in [2.24, 2.45) is 0 Å². The topological polar surface area (TPSA) is 53.1 Å². The van der Waals surface area contributed by atoms with Gasteiger partial charge in [0.1, 0.15) is 5.82 Å². The van der Waals surface area contributed by atoms with E-state index in [1.54, 1.807) is 0 Å². The highest BCUT2D eigenvalue weighted by Gasteiger charge is 2.25. The Labute approximate surface area is 109 Å². The van der Waals surface area contributed by atoms with Crippen molar-refractivity contribution in [3.8, 4) is 0 Å². The van der Waals surface area contributed by atoms with E-state index in [4.69, 9.17) is 0 Å². The number of hydrogen-bond donors (Lipinski definition) is 2. The van der Waals surface area contributed by atoms with E-state index in [0.29, 0.717) is 5.95 Å². The summed E-state index contributed by atoms with van der Waals surface area (Å²) in [5.74, 6) is 1.61. The van der Waals surface area contributed by atoms with E-state index in [1.807, 2.05) is 19.9 Å². The van der Waals surface area contributed by atoms with E-state index < -0.39 is 0 Å². The number of aromatic nitrogens is 2. The highest BCUT2D eigenvalue weighted by atomic mass is 15.2. The maximum Gasteiger partial charge on any atom is 0.224 e. The monoisotopic (exact) mass is 249 g/mol. The lowest BCUT2D eigenvalue weighted by Gasteiger charge is -2.16. The standard InChI is InChI=1S/C13H23N5/c1-4-14-13-16-10(2)9-12(17-13)15-7-8-18(3)11-5-6-11/h9,11H,4-8H2,1-3H3,(H2,14,15,16,17). The quantitative estimate of drug-likeness (QED) is 0.770. The van der Waals surface area contributed by atoms with Crippen LogP contribution in [0.5, 0.6) is 0 Å². The second-order valence-electron chi connectivity index (χ2n) is 4.89. The molecule has 0 aromatic carbocycles. The number of nitrogens with zero attached hydrogens (tertiary/aromatic N) is 3. The van der Waals surface area contributed by atoms with Crippen LogP contribution >= 0.6 is 0 Å². The molecule has 0 atom stereocenters. The number of nitrogens with one attached hydrogen (secondary N) is 2. The van der Waals surface area contributed by atoms with E-state index in [2.05, 4.69) is 32.5 Å². The van der Waals surface area contributed by atoms with Crippen LogP contribution in [-0.2, 0) is 0 Å². The molecule has 100 valence electrons. The van der Waals surface area contributed by atoms with Gasteiger partial charge in [0.2, 0.25) is 5.95 Å². The molecule has 0 spiro atoms. The second-order valence-corrected chi connectivity index (χ2v) is 4.89. The van der Waals surface area contributed by atoms with Gasteiger partial charge >= 0.3 is 0 Å². The van der Waals surface area contributed by atoms with Crippen molar-refractivity contribution >= 4 is 11.8 Å². The fourth-order valence-electron chi connectivity index (χ4n) is 1.95. The van der Waals surface area contributed by atoms with Crippen LogP contribution in [0.2, 0.25) is 0 Å². The lowest BCUT2D eigenvalue weighted by Crippen LogP contribution is -2.27. The molecule has 0 amide bonds. The van der Waals surface area contributed by atoms with Crippen LogP contribution in [0, 0.1) is 6.92 Å². The molecule has 1 fully saturated rings. The van der Waals surface area contributed by atoms with Crippen molar-refractivity contribution in [2.75, 3.05) is 37.3 Å². The normalized spacial score (nSPS) is 14.9. The predicted molar refractivity (Wildman–Crippen MR) is 75.1 cm³/mol. The Balaban J connectivity index is 1.83. The van der Waals surface area contributed by atoms with Gasteiger partial charge in [0.15, 0.2) is 0 Å². The van der Waals surface area contributed by atoms with Gasteiger partial charge in [-0.1, -0.05) is 0 Å². The maximum atomic E-state index is 4.43. The van der Waals surface area contributed by atoms with Crippen LogP contribution in [0.15, 0.2) is 6.07 Å². The summed E-state index contributed by atoms with van der Waals surface area (Å²) in [7, 11) is 2.19. The molecule has 1 aliphatic rings. The first-order chi connectivity index (χ1) is 8.69. The van der Waals surface area contributed by atoms with Crippen molar-refractivity contribution in [2.45, 2.75) is 32.7 Å². The smallest absolute Gasteiger partial charge is 0.224 e. The first-order valence-electron chi connectivity index (χ1n) is 6.72. The van der Waals surface area contributed by atoms with E-state index in [-0.39, 0.29) is 0 Å². The molecule has 18 heavy (non-hydrogen) atoms. The molecule has 0 aliphatic heterocycles. The lowest BCUT2D eigenvalue weighted by molar-refractivity contribution is 0.337. The van der Waals surface area contributed by atoms with Crippen LogP contribution in [0.25, 0.3) is 0 Å². The summed E-state index contributed by atoms with van der Waals surface area (Å²) in [6, 6.07) is 2.80. The zero-order valence-electron chi connectivity index (χ0n) is 11.5. The van der Waals surface area contributed by atoms with Gasteiger partial charge in [-0.2, -0.15) is 4.98 Å². The van der Waals surface area contributed by atoms with Crippen molar-refractivity contribution in [3.05, 3.63) is 11.8 Å². The van der Waals surface area contributed by atoms with Gasteiger partial charge in [0.25, 0.3) is 0 Å². The van der Waals surface area contributed by atoms with Crippen molar-refractivity contribution in [3.63, 3.8) is 0 Å². The zero-order chi connectivity index (χ0) is 13.0. The van der Waals surface area contributed by atoms with Crippen molar-refractivity contribution < 1.29 is 0 Å². The average molecular weight is 249 g/mol. The molecule has 0 saturated heterocycles. The number of likely N-dealkylation sites (N-methyl/N-ethyl adjacent to an activating group) is 1. The number of rotatable bonds is 7. The summed E-state index contributed by atoms with van der Waals surface area (Å²) in [6.45, 7) is 6.86. The molecule has 1 aliphatic carbocycles. The third-order valence-corrected chi connectivity index (χ3v) is 3.13. The Morgan fingerprint density at radius 1 is 1.33 bits per heavy atom. The highest BCUT2D eigenvalue weighted by molar-refractivity contribution is 5.42. The number of anilines is 2. The average Bonchev–Trinajstić information content (AvgIpc) is 3.12. The zero-order valence-corrected chi connectivity index (χ0v) is 11.5. The first kappa shape index (κ1) is 13.1. The fourth-order valence-corrected chi connectivity index (χ4v) is 1.95. The lowest BCUT2D eigenvalue weighted by atomic mass is 10.4. The summed E-state index contributed by atoms with van der Waals surface area (Å²) >= 11 is 0. The number of aryl methyl sites for hydroxylation is 1. The Hall–Kier alpha value is -1.36. The molecule has 1 aromatic heterocycles. The van der Waals surface area contributed by atoms with E-state index in [1.165, 1.54) is 12.8 Å². The molecule has 1 heterocycles. The third kappa shape index (κ3) is 3.84. The molecular formula is C13H23N5. The van der Waals surface area contributed by atoms with E-state index >= 15 is 0 Å². The molecule has 2 rings (SSSR count). The van der Waals surface area contributed by atoms with E-state index in [0.717, 1.165) is 37.2 Å². The molecule has 5 heteroatoms. The largest absolute Gasteiger partial charge is 0.369 e. The van der Waals surface area contributed by atoms with E-state index in [9.17, 15) is 0 Å². The van der Waals surface area contributed by atoms with Crippen molar-refractivity contribution in [1.82, 2.24) is 14.9 Å². The summed E-state index contributed by atoms with van der Waals surface area (Å²) < 4.78 is 0. The van der Waals surface area contributed by atoms with Gasteiger partial charge < -0.3 is 15.5 Å². The van der Waals surface area contributed by atoms with Crippen LogP contribution in [0.4, 0.5) is 11.8 Å². The van der Waals surface area contributed by atoms with Crippen LogP contribution < -0.4 is 10.6 Å². The molecule has 2 N–H and O–H groups in total. The van der Waals surface area contributed by atoms with Gasteiger partial charge in [0.05, 0.1) is 0 Å². The Kier molecular flexibility index (Phi) is 4.36. The maximum absolute atomic E-state index is 4.43. The fraction of sp³-hybridized carbons (Fsp3) is 0.692. The summed E-state index contributed by atoms with van der Waals surface area (Å²) in [4.78, 5) is 11.2. The minimum absolute atomic E-state index is 0.704. The molecule has 0 radical (unpaired) electrons. The minimum Gasteiger partial charge on any atom is -0.369 e. The van der Waals surface area contributed by atoms with Crippen molar-refractivity contribution in [1.29, 1.82) is 0 Å². The summed E-state index contributed by atoms with van der Waals surface area (Å²) in [5, 5.41) is 6.51. The predicted octanol–water partition coefficient (Wildman–Crippen LogP) is 1.72. The summed E-state index contributed by atoms with van der Waals surface area (Å²) in [5.41, 5.74) is 0.985. The Bertz CT molecular complexity index is 389. The Morgan fingerprint density at radius 3 is 2.78 bits per heavy atom. The van der Waals surface area contributed by atoms with Gasteiger partial charge in [-0.15, -0.1) is 0 Å². The molecule has 5 nitrogen and oxygen atoms in total. The molecule has 0 unspecified atom stereocenters. The SMILES string of the molecule is CCNc1nc(C)cc(NCCN(C)C2CC2)n1. The van der Waals surface area contributed by atoms with Gasteiger partial charge in [0, 0.05) is 37.4 Å². The second kappa shape index (κ2) is 6.00. The third-order valence-electron chi connectivity index (χ3n) is 3.13. The first-order valence-corrected chi connectivity index (χ1v) is 6.72. The molecule has 1 saturated carbocycles. The van der Waals surface area contributed by atoms with Gasteiger partial charge in [-0.3, -0.25) is 0 Å². The Morgan fingerprint density at radius 2 is 2.11 bits per heavy atom. The van der Waals surface area contributed by atoms with Crippen LogP contribution in [0.1, 0.15) is 25.5 Å². The highest BCUT2D eigenvalue weighted by Crippen LogP contribution is 2.24. The summed E-state index contributed by atoms with van der Waals surface area (Å²) in [6.07, 6.45) is 2.71. The minimum atomic E-state index is 0.704. The molecule has 1 aromatic rings. The van der Waals surface area contributed by atoms with Gasteiger partial charge in [-0.05, 0) is 33.7 Å². The van der Waals surface area contributed by atoms with Gasteiger partial charge in [-0.25, -0.2) is 4.98 Å². The molecule has 0 bridgehead atoms. The van der Waals surface area contributed by atoms with Crippen LogP contribution in [0.3, 0.4) is 0 Å². The van der Waals surface area contributed by atoms with Crippen LogP contribution in [-0.4, -0.2) is 47.6 Å².